The monoisotopic (exact) mass is 254 g/mol. The summed E-state index contributed by atoms with van der Waals surface area (Å²) in [7, 11) is 0. The maximum absolute atomic E-state index is 12.8. The fourth-order valence-corrected chi connectivity index (χ4v) is 2.87. The van der Waals surface area contributed by atoms with Crippen LogP contribution in [0.25, 0.3) is 0 Å². The number of rotatable bonds is 6. The lowest BCUT2D eigenvalue weighted by Gasteiger charge is -2.37. The van der Waals surface area contributed by atoms with E-state index in [2.05, 4.69) is 44.8 Å². The Balaban J connectivity index is 2.84. The van der Waals surface area contributed by atoms with Crippen molar-refractivity contribution in [1.29, 1.82) is 0 Å². The summed E-state index contributed by atoms with van der Waals surface area (Å²) in [4.78, 5) is 15.0. The van der Waals surface area contributed by atoms with Crippen molar-refractivity contribution in [1.82, 2.24) is 10.2 Å². The summed E-state index contributed by atoms with van der Waals surface area (Å²) in [6.07, 6.45) is 3.08. The number of hydrogen-bond donors (Lipinski definition) is 1. The summed E-state index contributed by atoms with van der Waals surface area (Å²) >= 11 is 0. The zero-order valence-corrected chi connectivity index (χ0v) is 12.8. The summed E-state index contributed by atoms with van der Waals surface area (Å²) in [6, 6.07) is 0.400. The summed E-state index contributed by atoms with van der Waals surface area (Å²) in [6.45, 7) is 13.6. The summed E-state index contributed by atoms with van der Waals surface area (Å²) < 4.78 is 0. The van der Waals surface area contributed by atoms with Crippen LogP contribution >= 0.6 is 0 Å². The van der Waals surface area contributed by atoms with E-state index in [1.54, 1.807) is 0 Å². The molecule has 1 atom stereocenters. The zero-order valence-electron chi connectivity index (χ0n) is 12.8. The van der Waals surface area contributed by atoms with Gasteiger partial charge in [0.15, 0.2) is 0 Å². The molecule has 3 nitrogen and oxygen atoms in total. The molecule has 1 N–H and O–H groups in total. The number of carbonyl (C=O) groups excluding carboxylic acids is 1. The van der Waals surface area contributed by atoms with Crippen molar-refractivity contribution in [2.24, 2.45) is 11.3 Å². The van der Waals surface area contributed by atoms with Crippen LogP contribution in [0.15, 0.2) is 0 Å². The van der Waals surface area contributed by atoms with Crippen LogP contribution in [-0.2, 0) is 4.79 Å². The molecule has 1 amide bonds. The molecule has 0 aromatic rings. The van der Waals surface area contributed by atoms with Crippen LogP contribution in [0, 0.1) is 11.3 Å². The molecule has 0 spiro atoms. The molecule has 1 fully saturated rings. The second kappa shape index (κ2) is 6.55. The van der Waals surface area contributed by atoms with Crippen LogP contribution in [0.5, 0.6) is 0 Å². The lowest BCUT2D eigenvalue weighted by Crippen LogP contribution is -2.49. The predicted molar refractivity (Wildman–Crippen MR) is 76.5 cm³/mol. The summed E-state index contributed by atoms with van der Waals surface area (Å²) in [5.74, 6) is 0.891. The van der Waals surface area contributed by atoms with Gasteiger partial charge in [0.1, 0.15) is 0 Å². The fourth-order valence-electron chi connectivity index (χ4n) is 2.87. The van der Waals surface area contributed by atoms with Gasteiger partial charge >= 0.3 is 0 Å². The number of carbonyl (C=O) groups is 1. The first-order chi connectivity index (χ1) is 8.44. The summed E-state index contributed by atoms with van der Waals surface area (Å²) in [5.41, 5.74) is -0.183. The molecule has 106 valence electrons. The Hall–Kier alpha value is -0.570. The van der Waals surface area contributed by atoms with Gasteiger partial charge in [-0.15, -0.1) is 0 Å². The van der Waals surface area contributed by atoms with Crippen molar-refractivity contribution in [2.45, 2.75) is 59.9 Å². The van der Waals surface area contributed by atoms with Crippen molar-refractivity contribution < 1.29 is 4.79 Å². The largest absolute Gasteiger partial charge is 0.339 e. The van der Waals surface area contributed by atoms with E-state index in [1.807, 2.05) is 0 Å². The third kappa shape index (κ3) is 3.47. The molecular formula is C15H30N2O. The SMILES string of the molecule is CCC(CC)N(CC(C)C)C(=O)C1(C)CCNC1. The van der Waals surface area contributed by atoms with Crippen LogP contribution in [0.1, 0.15) is 53.9 Å². The van der Waals surface area contributed by atoms with E-state index < -0.39 is 0 Å². The Kier molecular flexibility index (Phi) is 5.64. The highest BCUT2D eigenvalue weighted by molar-refractivity contribution is 5.83. The second-order valence-electron chi connectivity index (χ2n) is 6.31. The Morgan fingerprint density at radius 1 is 1.33 bits per heavy atom. The predicted octanol–water partition coefficient (Wildman–Crippen LogP) is 2.66. The molecule has 0 aliphatic carbocycles. The van der Waals surface area contributed by atoms with Crippen LogP contribution in [0.2, 0.25) is 0 Å². The Labute approximate surface area is 112 Å². The highest BCUT2D eigenvalue weighted by Gasteiger charge is 2.40. The van der Waals surface area contributed by atoms with E-state index in [4.69, 9.17) is 0 Å². The van der Waals surface area contributed by atoms with E-state index in [-0.39, 0.29) is 5.41 Å². The maximum Gasteiger partial charge on any atom is 0.230 e. The third-order valence-electron chi connectivity index (χ3n) is 4.09. The van der Waals surface area contributed by atoms with Gasteiger partial charge in [-0.3, -0.25) is 4.79 Å². The van der Waals surface area contributed by atoms with Crippen LogP contribution in [0.4, 0.5) is 0 Å². The molecule has 1 rings (SSSR count). The van der Waals surface area contributed by atoms with Crippen LogP contribution in [0.3, 0.4) is 0 Å². The lowest BCUT2D eigenvalue weighted by atomic mass is 9.87. The fraction of sp³-hybridized carbons (Fsp3) is 0.933. The molecule has 0 saturated carbocycles. The van der Waals surface area contributed by atoms with E-state index in [0.717, 1.165) is 38.9 Å². The highest BCUT2D eigenvalue weighted by atomic mass is 16.2. The molecule has 1 heterocycles. The van der Waals surface area contributed by atoms with Crippen molar-refractivity contribution in [3.05, 3.63) is 0 Å². The molecule has 0 radical (unpaired) electrons. The van der Waals surface area contributed by atoms with E-state index in [9.17, 15) is 4.79 Å². The van der Waals surface area contributed by atoms with Gasteiger partial charge in [-0.2, -0.15) is 0 Å². The minimum absolute atomic E-state index is 0.183. The molecule has 18 heavy (non-hydrogen) atoms. The number of nitrogens with one attached hydrogen (secondary N) is 1. The topological polar surface area (TPSA) is 32.3 Å². The summed E-state index contributed by atoms with van der Waals surface area (Å²) in [5, 5.41) is 3.33. The van der Waals surface area contributed by atoms with Crippen molar-refractivity contribution in [3.63, 3.8) is 0 Å². The molecule has 1 aliphatic heterocycles. The first-order valence-electron chi connectivity index (χ1n) is 7.46. The second-order valence-corrected chi connectivity index (χ2v) is 6.31. The van der Waals surface area contributed by atoms with Gasteiger partial charge in [-0.1, -0.05) is 27.7 Å². The molecule has 0 aromatic heterocycles. The van der Waals surface area contributed by atoms with Crippen molar-refractivity contribution in [2.75, 3.05) is 19.6 Å². The number of nitrogens with zero attached hydrogens (tertiary/aromatic N) is 1. The van der Waals surface area contributed by atoms with Crippen LogP contribution < -0.4 is 5.32 Å². The van der Waals surface area contributed by atoms with Crippen LogP contribution in [-0.4, -0.2) is 36.5 Å². The Morgan fingerprint density at radius 2 is 1.94 bits per heavy atom. The quantitative estimate of drug-likeness (QED) is 0.790. The van der Waals surface area contributed by atoms with Gasteiger partial charge in [0, 0.05) is 19.1 Å². The van der Waals surface area contributed by atoms with E-state index in [0.29, 0.717) is 17.9 Å². The lowest BCUT2D eigenvalue weighted by molar-refractivity contribution is -0.143. The van der Waals surface area contributed by atoms with Gasteiger partial charge in [0.25, 0.3) is 0 Å². The average Bonchev–Trinajstić information content (AvgIpc) is 2.76. The van der Waals surface area contributed by atoms with Gasteiger partial charge < -0.3 is 10.2 Å². The molecule has 0 bridgehead atoms. The average molecular weight is 254 g/mol. The van der Waals surface area contributed by atoms with E-state index in [1.165, 1.54) is 0 Å². The molecule has 1 saturated heterocycles. The first kappa shape index (κ1) is 15.5. The standard InChI is InChI=1S/C15H30N2O/c1-6-13(7-2)17(10-12(3)4)14(18)15(5)8-9-16-11-15/h12-13,16H,6-11H2,1-5H3. The molecule has 1 unspecified atom stereocenters. The number of hydrogen-bond acceptors (Lipinski definition) is 2. The Bertz CT molecular complexity index is 266. The highest BCUT2D eigenvalue weighted by Crippen LogP contribution is 2.29. The first-order valence-corrected chi connectivity index (χ1v) is 7.46. The number of amides is 1. The maximum atomic E-state index is 12.8. The van der Waals surface area contributed by atoms with Gasteiger partial charge in [-0.25, -0.2) is 0 Å². The van der Waals surface area contributed by atoms with E-state index >= 15 is 0 Å². The smallest absolute Gasteiger partial charge is 0.230 e. The van der Waals surface area contributed by atoms with Gasteiger partial charge in [-0.05, 0) is 38.6 Å². The molecule has 3 heteroatoms. The van der Waals surface area contributed by atoms with Crippen molar-refractivity contribution in [3.8, 4) is 0 Å². The Morgan fingerprint density at radius 3 is 2.33 bits per heavy atom. The molecule has 1 aliphatic rings. The third-order valence-corrected chi connectivity index (χ3v) is 4.09. The molecular weight excluding hydrogens is 224 g/mol. The van der Waals surface area contributed by atoms with Gasteiger partial charge in [0.05, 0.1) is 5.41 Å². The van der Waals surface area contributed by atoms with Gasteiger partial charge in [0.2, 0.25) is 5.91 Å². The minimum atomic E-state index is -0.183. The normalized spacial score (nSPS) is 23.9. The molecule has 0 aromatic carbocycles. The zero-order chi connectivity index (χ0) is 13.8. The van der Waals surface area contributed by atoms with Crippen molar-refractivity contribution >= 4 is 5.91 Å². The minimum Gasteiger partial charge on any atom is -0.339 e.